The second-order valence-corrected chi connectivity index (χ2v) is 6.66. The molecule has 1 aromatic heterocycles. The second-order valence-electron chi connectivity index (χ2n) is 6.22. The van der Waals surface area contributed by atoms with Gasteiger partial charge in [-0.1, -0.05) is 25.4 Å². The standard InChI is InChI=1S/C18H22ClN3O2/c1-12(2)10-22(11-17(23)20-3)18(24)7-4-13-9-21-16-6-5-14(19)8-15(13)16/h5-6,8-9,12,21H,3-4,7,10-11H2,1-2H3. The van der Waals surface area contributed by atoms with Gasteiger partial charge in [-0.2, -0.15) is 0 Å². The molecule has 2 amide bonds. The average Bonchev–Trinajstić information content (AvgIpc) is 2.93. The lowest BCUT2D eigenvalue weighted by atomic mass is 10.1. The number of halogens is 1. The SMILES string of the molecule is C=NC(=O)CN(CC(C)C)C(=O)CCc1c[nH]c2ccc(Cl)cc12. The number of benzene rings is 1. The Morgan fingerprint density at radius 2 is 2.12 bits per heavy atom. The van der Waals surface area contributed by atoms with Gasteiger partial charge in [-0.05, 0) is 42.8 Å². The fraction of sp³-hybridized carbons (Fsp3) is 0.389. The van der Waals surface area contributed by atoms with Gasteiger partial charge in [0.15, 0.2) is 0 Å². The summed E-state index contributed by atoms with van der Waals surface area (Å²) in [6.45, 7) is 7.76. The van der Waals surface area contributed by atoms with Gasteiger partial charge in [0, 0.05) is 35.1 Å². The molecule has 1 heterocycles. The number of fused-ring (bicyclic) bond motifs is 1. The van der Waals surface area contributed by atoms with Crippen molar-refractivity contribution in [2.24, 2.45) is 10.9 Å². The number of amides is 2. The Kier molecular flexibility index (Phi) is 6.15. The first-order valence-electron chi connectivity index (χ1n) is 7.93. The van der Waals surface area contributed by atoms with Crippen molar-refractivity contribution < 1.29 is 9.59 Å². The first kappa shape index (κ1) is 18.2. The van der Waals surface area contributed by atoms with Crippen LogP contribution in [-0.4, -0.2) is 41.5 Å². The van der Waals surface area contributed by atoms with E-state index in [1.807, 2.05) is 38.2 Å². The van der Waals surface area contributed by atoms with E-state index in [0.29, 0.717) is 24.4 Å². The highest BCUT2D eigenvalue weighted by molar-refractivity contribution is 6.31. The number of aromatic nitrogens is 1. The average molecular weight is 348 g/mol. The van der Waals surface area contributed by atoms with Gasteiger partial charge in [0.25, 0.3) is 5.91 Å². The summed E-state index contributed by atoms with van der Waals surface area (Å²) in [5.41, 5.74) is 2.03. The molecule has 0 fully saturated rings. The van der Waals surface area contributed by atoms with Crippen molar-refractivity contribution in [2.45, 2.75) is 26.7 Å². The number of aliphatic imine (C=N–C) groups is 1. The van der Waals surface area contributed by atoms with E-state index < -0.39 is 0 Å². The summed E-state index contributed by atoms with van der Waals surface area (Å²) in [6.07, 6.45) is 2.82. The summed E-state index contributed by atoms with van der Waals surface area (Å²) in [5, 5.41) is 1.69. The maximum atomic E-state index is 12.5. The number of hydrogen-bond acceptors (Lipinski definition) is 2. The summed E-state index contributed by atoms with van der Waals surface area (Å²) in [6, 6.07) is 5.64. The summed E-state index contributed by atoms with van der Waals surface area (Å²) >= 11 is 6.05. The molecule has 5 nitrogen and oxygen atoms in total. The third kappa shape index (κ3) is 4.68. The predicted molar refractivity (Wildman–Crippen MR) is 97.6 cm³/mol. The third-order valence-electron chi connectivity index (χ3n) is 3.78. The molecule has 0 saturated carbocycles. The van der Waals surface area contributed by atoms with Crippen LogP contribution < -0.4 is 0 Å². The first-order valence-corrected chi connectivity index (χ1v) is 8.31. The van der Waals surface area contributed by atoms with Crippen molar-refractivity contribution in [1.82, 2.24) is 9.88 Å². The van der Waals surface area contributed by atoms with Crippen LogP contribution in [-0.2, 0) is 16.0 Å². The number of nitrogens with one attached hydrogen (secondary N) is 1. The Balaban J connectivity index is 2.06. The minimum Gasteiger partial charge on any atom is -0.361 e. The molecular weight excluding hydrogens is 326 g/mol. The van der Waals surface area contributed by atoms with E-state index in [4.69, 9.17) is 11.6 Å². The van der Waals surface area contributed by atoms with Gasteiger partial charge in [0.1, 0.15) is 6.54 Å². The van der Waals surface area contributed by atoms with Crippen LogP contribution in [0.1, 0.15) is 25.8 Å². The first-order chi connectivity index (χ1) is 11.4. The molecule has 1 N–H and O–H groups in total. The van der Waals surface area contributed by atoms with Crippen LogP contribution in [0.25, 0.3) is 10.9 Å². The lowest BCUT2D eigenvalue weighted by molar-refractivity contribution is -0.135. The van der Waals surface area contributed by atoms with Crippen molar-refractivity contribution in [3.8, 4) is 0 Å². The molecule has 2 aromatic rings. The number of carbonyl (C=O) groups is 2. The highest BCUT2D eigenvalue weighted by Crippen LogP contribution is 2.23. The molecule has 0 aliphatic rings. The van der Waals surface area contributed by atoms with Crippen LogP contribution >= 0.6 is 11.6 Å². The third-order valence-corrected chi connectivity index (χ3v) is 4.01. The maximum Gasteiger partial charge on any atom is 0.264 e. The van der Waals surface area contributed by atoms with Gasteiger partial charge in [-0.3, -0.25) is 9.59 Å². The summed E-state index contributed by atoms with van der Waals surface area (Å²) in [7, 11) is 0. The van der Waals surface area contributed by atoms with Gasteiger partial charge in [0.2, 0.25) is 5.91 Å². The number of H-pyrrole nitrogens is 1. The largest absolute Gasteiger partial charge is 0.361 e. The highest BCUT2D eigenvalue weighted by Gasteiger charge is 2.18. The van der Waals surface area contributed by atoms with E-state index in [1.165, 1.54) is 0 Å². The molecule has 0 radical (unpaired) electrons. The maximum absolute atomic E-state index is 12.5. The van der Waals surface area contributed by atoms with Crippen LogP contribution in [0.5, 0.6) is 0 Å². The zero-order chi connectivity index (χ0) is 17.7. The van der Waals surface area contributed by atoms with Gasteiger partial charge in [-0.25, -0.2) is 4.99 Å². The normalized spacial score (nSPS) is 11.0. The second kappa shape index (κ2) is 8.11. The summed E-state index contributed by atoms with van der Waals surface area (Å²) < 4.78 is 0. The number of rotatable bonds is 7. The lowest BCUT2D eigenvalue weighted by Gasteiger charge is -2.23. The van der Waals surface area contributed by atoms with Crippen LogP contribution in [0, 0.1) is 5.92 Å². The predicted octanol–water partition coefficient (Wildman–Crippen LogP) is 3.47. The highest BCUT2D eigenvalue weighted by atomic mass is 35.5. The Bertz CT molecular complexity index is 752. The molecule has 0 saturated heterocycles. The van der Waals surface area contributed by atoms with E-state index >= 15 is 0 Å². The number of nitrogens with zero attached hydrogens (tertiary/aromatic N) is 2. The van der Waals surface area contributed by atoms with E-state index in [9.17, 15) is 9.59 Å². The van der Waals surface area contributed by atoms with Crippen LogP contribution in [0.15, 0.2) is 29.4 Å². The molecule has 2 rings (SSSR count). The van der Waals surface area contributed by atoms with Gasteiger partial charge < -0.3 is 9.88 Å². The van der Waals surface area contributed by atoms with Crippen molar-refractivity contribution in [2.75, 3.05) is 13.1 Å². The minimum atomic E-state index is -0.386. The Morgan fingerprint density at radius 1 is 1.38 bits per heavy atom. The van der Waals surface area contributed by atoms with Crippen molar-refractivity contribution in [3.63, 3.8) is 0 Å². The van der Waals surface area contributed by atoms with Crippen LogP contribution in [0.4, 0.5) is 0 Å². The minimum absolute atomic E-state index is 0.0137. The van der Waals surface area contributed by atoms with E-state index in [-0.39, 0.29) is 24.3 Å². The number of hydrogen-bond donors (Lipinski definition) is 1. The van der Waals surface area contributed by atoms with Crippen molar-refractivity contribution >= 4 is 41.0 Å². The Morgan fingerprint density at radius 3 is 2.79 bits per heavy atom. The quantitative estimate of drug-likeness (QED) is 0.779. The number of aromatic amines is 1. The molecule has 24 heavy (non-hydrogen) atoms. The summed E-state index contributed by atoms with van der Waals surface area (Å²) in [5.74, 6) is -0.168. The molecule has 6 heteroatoms. The smallest absolute Gasteiger partial charge is 0.264 e. The number of carbonyl (C=O) groups excluding carboxylic acids is 2. The topological polar surface area (TPSA) is 65.5 Å². The Hall–Kier alpha value is -2.14. The molecule has 0 bridgehead atoms. The molecule has 0 aliphatic heterocycles. The molecular formula is C18H22ClN3O2. The molecule has 1 aromatic carbocycles. The van der Waals surface area contributed by atoms with Crippen molar-refractivity contribution in [1.29, 1.82) is 0 Å². The zero-order valence-corrected chi connectivity index (χ0v) is 14.8. The monoisotopic (exact) mass is 347 g/mol. The summed E-state index contributed by atoms with van der Waals surface area (Å²) in [4.78, 5) is 32.1. The van der Waals surface area contributed by atoms with E-state index in [0.717, 1.165) is 16.5 Å². The van der Waals surface area contributed by atoms with Gasteiger partial charge in [-0.15, -0.1) is 0 Å². The fourth-order valence-electron chi connectivity index (χ4n) is 2.67. The molecule has 0 unspecified atom stereocenters. The molecule has 128 valence electrons. The Labute approximate surface area is 146 Å². The van der Waals surface area contributed by atoms with E-state index in [1.54, 1.807) is 4.90 Å². The van der Waals surface area contributed by atoms with Gasteiger partial charge >= 0.3 is 0 Å². The molecule has 0 aliphatic carbocycles. The van der Waals surface area contributed by atoms with Crippen molar-refractivity contribution in [3.05, 3.63) is 35.0 Å². The fourth-order valence-corrected chi connectivity index (χ4v) is 2.84. The van der Waals surface area contributed by atoms with Crippen LogP contribution in [0.3, 0.4) is 0 Å². The zero-order valence-electron chi connectivity index (χ0n) is 14.0. The molecule has 0 spiro atoms. The van der Waals surface area contributed by atoms with E-state index in [2.05, 4.69) is 16.7 Å². The van der Waals surface area contributed by atoms with Crippen LogP contribution in [0.2, 0.25) is 5.02 Å². The van der Waals surface area contributed by atoms with Gasteiger partial charge in [0.05, 0.1) is 0 Å². The number of aryl methyl sites for hydroxylation is 1. The lowest BCUT2D eigenvalue weighted by Crippen LogP contribution is -2.38. The molecule has 0 atom stereocenters.